The topological polar surface area (TPSA) is 0 Å². The predicted molar refractivity (Wildman–Crippen MR) is 20.2 cm³/mol. The second-order valence-corrected chi connectivity index (χ2v) is 1.39. The van der Waals surface area contributed by atoms with E-state index in [1.807, 2.05) is 0 Å². The Balaban J connectivity index is 0. The van der Waals surface area contributed by atoms with Crippen molar-refractivity contribution >= 4 is 0 Å². The van der Waals surface area contributed by atoms with Gasteiger partial charge in [-0.05, 0) is 0 Å². The number of rotatable bonds is 0. The first kappa shape index (κ1) is 9.19. The van der Waals surface area contributed by atoms with Gasteiger partial charge >= 0.3 is 0 Å². The maximum absolute atomic E-state index is 3.64. The molecule has 32 valence electrons. The Hall–Kier alpha value is 0.688. The molecular formula is C4H9Mo-. The van der Waals surface area contributed by atoms with Crippen LogP contribution in [0.3, 0.4) is 0 Å². The van der Waals surface area contributed by atoms with Gasteiger partial charge in [-0.2, -0.15) is 5.92 Å². The van der Waals surface area contributed by atoms with E-state index in [1.54, 1.807) is 0 Å². The SMILES string of the molecule is [CH2-]C(C)C.[Mo]. The van der Waals surface area contributed by atoms with Crippen molar-refractivity contribution in [1.82, 2.24) is 0 Å². The first-order valence-electron chi connectivity index (χ1n) is 1.56. The maximum atomic E-state index is 3.64. The summed E-state index contributed by atoms with van der Waals surface area (Å²) in [7, 11) is 0. The summed E-state index contributed by atoms with van der Waals surface area (Å²) in [6.07, 6.45) is 0. The molecule has 0 bridgehead atoms. The van der Waals surface area contributed by atoms with Gasteiger partial charge in [0.2, 0.25) is 0 Å². The van der Waals surface area contributed by atoms with Gasteiger partial charge in [0, 0.05) is 21.1 Å². The quantitative estimate of drug-likeness (QED) is 0.365. The molecule has 0 saturated heterocycles. The van der Waals surface area contributed by atoms with Crippen LogP contribution in [0.25, 0.3) is 0 Å². The van der Waals surface area contributed by atoms with Crippen molar-refractivity contribution in [3.05, 3.63) is 6.92 Å². The van der Waals surface area contributed by atoms with Crippen molar-refractivity contribution in [2.75, 3.05) is 0 Å². The van der Waals surface area contributed by atoms with Crippen LogP contribution >= 0.6 is 0 Å². The van der Waals surface area contributed by atoms with Crippen LogP contribution in [0.15, 0.2) is 0 Å². The summed E-state index contributed by atoms with van der Waals surface area (Å²) in [5.74, 6) is 0.583. The van der Waals surface area contributed by atoms with Gasteiger partial charge in [0.1, 0.15) is 0 Å². The van der Waals surface area contributed by atoms with Gasteiger partial charge in [-0.1, -0.05) is 13.8 Å². The van der Waals surface area contributed by atoms with Crippen molar-refractivity contribution in [1.29, 1.82) is 0 Å². The first-order valence-corrected chi connectivity index (χ1v) is 1.56. The molecule has 0 aliphatic rings. The largest absolute Gasteiger partial charge is 0.341 e. The van der Waals surface area contributed by atoms with Crippen LogP contribution in [0, 0.1) is 12.8 Å². The Labute approximate surface area is 48.2 Å². The zero-order valence-corrected chi connectivity index (χ0v) is 5.70. The van der Waals surface area contributed by atoms with Gasteiger partial charge in [0.15, 0.2) is 0 Å². The van der Waals surface area contributed by atoms with E-state index >= 15 is 0 Å². The van der Waals surface area contributed by atoms with Crippen LogP contribution in [-0.4, -0.2) is 0 Å². The van der Waals surface area contributed by atoms with Gasteiger partial charge in [-0.15, -0.1) is 0 Å². The predicted octanol–water partition coefficient (Wildman–Crippen LogP) is 1.47. The second kappa shape index (κ2) is 4.69. The summed E-state index contributed by atoms with van der Waals surface area (Å²) in [5.41, 5.74) is 0. The molecular weight excluding hydrogens is 144 g/mol. The molecule has 0 N–H and O–H groups in total. The average Bonchev–Trinajstić information content (AvgIpc) is 0.811. The van der Waals surface area contributed by atoms with Gasteiger partial charge in [-0.3, -0.25) is 0 Å². The van der Waals surface area contributed by atoms with E-state index in [-0.39, 0.29) is 21.1 Å². The number of hydrogen-bond donors (Lipinski definition) is 0. The van der Waals surface area contributed by atoms with E-state index in [1.165, 1.54) is 0 Å². The molecule has 0 saturated carbocycles. The van der Waals surface area contributed by atoms with Crippen LogP contribution in [0.2, 0.25) is 0 Å². The fraction of sp³-hybridized carbons (Fsp3) is 0.750. The molecule has 0 radical (unpaired) electrons. The Morgan fingerprint density at radius 3 is 1.40 bits per heavy atom. The normalized spacial score (nSPS) is 7.20. The zero-order chi connectivity index (χ0) is 3.58. The summed E-state index contributed by atoms with van der Waals surface area (Å²) in [4.78, 5) is 0. The summed E-state index contributed by atoms with van der Waals surface area (Å²) in [6.45, 7) is 7.75. The molecule has 0 aliphatic carbocycles. The summed E-state index contributed by atoms with van der Waals surface area (Å²) >= 11 is 0. The fourth-order valence-corrected chi connectivity index (χ4v) is 0. The van der Waals surface area contributed by atoms with Gasteiger partial charge < -0.3 is 6.92 Å². The van der Waals surface area contributed by atoms with Crippen LogP contribution in [0.5, 0.6) is 0 Å². The molecule has 0 aliphatic heterocycles. The minimum atomic E-state index is 0. The summed E-state index contributed by atoms with van der Waals surface area (Å²) < 4.78 is 0. The molecule has 5 heavy (non-hydrogen) atoms. The van der Waals surface area contributed by atoms with Crippen LogP contribution in [0.4, 0.5) is 0 Å². The minimum absolute atomic E-state index is 0. The van der Waals surface area contributed by atoms with Crippen molar-refractivity contribution in [3.63, 3.8) is 0 Å². The maximum Gasteiger partial charge on any atom is 0 e. The third-order valence-corrected chi connectivity index (χ3v) is 0. The molecule has 0 unspecified atom stereocenters. The molecule has 0 aromatic rings. The zero-order valence-electron chi connectivity index (χ0n) is 3.69. The first-order chi connectivity index (χ1) is 1.73. The van der Waals surface area contributed by atoms with Gasteiger partial charge in [0.05, 0.1) is 0 Å². The van der Waals surface area contributed by atoms with Crippen molar-refractivity contribution in [2.45, 2.75) is 13.8 Å². The number of hydrogen-bond acceptors (Lipinski definition) is 0. The molecule has 0 atom stereocenters. The van der Waals surface area contributed by atoms with E-state index in [9.17, 15) is 0 Å². The molecule has 0 rings (SSSR count). The van der Waals surface area contributed by atoms with Crippen molar-refractivity contribution in [3.8, 4) is 0 Å². The Morgan fingerprint density at radius 1 is 1.40 bits per heavy atom. The molecule has 0 aromatic carbocycles. The van der Waals surface area contributed by atoms with Crippen LogP contribution in [0.1, 0.15) is 13.8 Å². The van der Waals surface area contributed by atoms with Crippen molar-refractivity contribution in [2.24, 2.45) is 5.92 Å². The van der Waals surface area contributed by atoms with Crippen molar-refractivity contribution < 1.29 is 21.1 Å². The van der Waals surface area contributed by atoms with Crippen LogP contribution < -0.4 is 0 Å². The van der Waals surface area contributed by atoms with Gasteiger partial charge in [-0.25, -0.2) is 0 Å². The van der Waals surface area contributed by atoms with Crippen LogP contribution in [-0.2, 0) is 21.1 Å². The Kier molecular flexibility index (Phi) is 8.62. The molecule has 0 amide bonds. The fourth-order valence-electron chi connectivity index (χ4n) is 0. The Morgan fingerprint density at radius 2 is 1.40 bits per heavy atom. The third-order valence-electron chi connectivity index (χ3n) is 0. The smallest absolute Gasteiger partial charge is 0 e. The molecule has 1 heteroatoms. The minimum Gasteiger partial charge on any atom is -0.341 e. The monoisotopic (exact) mass is 155 g/mol. The van der Waals surface area contributed by atoms with E-state index < -0.39 is 0 Å². The standard InChI is InChI=1S/C4H9.Mo/c1-4(2)3;/h4H,1H2,2-3H3;/q-1;. The molecule has 0 heterocycles. The van der Waals surface area contributed by atoms with E-state index in [2.05, 4.69) is 20.8 Å². The molecule has 0 fully saturated rings. The second-order valence-electron chi connectivity index (χ2n) is 1.39. The summed E-state index contributed by atoms with van der Waals surface area (Å²) in [6, 6.07) is 0. The Bertz CT molecular complexity index is 8.36. The third kappa shape index (κ3) is 71.5. The molecule has 0 nitrogen and oxygen atoms in total. The molecule has 0 aromatic heterocycles. The van der Waals surface area contributed by atoms with E-state index in [0.29, 0.717) is 5.92 Å². The van der Waals surface area contributed by atoms with Gasteiger partial charge in [0.25, 0.3) is 0 Å². The van der Waals surface area contributed by atoms with E-state index in [0.717, 1.165) is 0 Å². The van der Waals surface area contributed by atoms with E-state index in [4.69, 9.17) is 0 Å². The average molecular weight is 153 g/mol. The summed E-state index contributed by atoms with van der Waals surface area (Å²) in [5, 5.41) is 0. The molecule has 0 spiro atoms.